The van der Waals surface area contributed by atoms with Gasteiger partial charge < -0.3 is 15.2 Å². The monoisotopic (exact) mass is 478 g/mol. The largest absolute Gasteiger partial charge is 0.481 e. The second kappa shape index (κ2) is 11.4. The highest BCUT2D eigenvalue weighted by molar-refractivity contribution is 6.14. The summed E-state index contributed by atoms with van der Waals surface area (Å²) in [5.41, 5.74) is -0.859. The van der Waals surface area contributed by atoms with Crippen LogP contribution < -0.4 is 11.2 Å². The van der Waals surface area contributed by atoms with Crippen LogP contribution in [0.5, 0.6) is 0 Å². The Morgan fingerprint density at radius 1 is 0.971 bits per heavy atom. The van der Waals surface area contributed by atoms with Crippen molar-refractivity contribution in [3.8, 4) is 0 Å². The van der Waals surface area contributed by atoms with E-state index in [2.05, 4.69) is 5.32 Å². The molecule has 182 valence electrons. The van der Waals surface area contributed by atoms with Crippen molar-refractivity contribution >= 4 is 34.4 Å². The van der Waals surface area contributed by atoms with Crippen molar-refractivity contribution < 1.29 is 33.9 Å². The molecular weight excluding hydrogens is 452 g/mol. The van der Waals surface area contributed by atoms with Gasteiger partial charge in [-0.25, -0.2) is 10.7 Å². The number of benzene rings is 3. The summed E-state index contributed by atoms with van der Waals surface area (Å²) in [4.78, 5) is 55.0. The summed E-state index contributed by atoms with van der Waals surface area (Å²) in [5.74, 6) is 2.33. The number of nitrogens with one attached hydrogen (secondary N) is 1. The molecule has 0 aliphatic rings. The van der Waals surface area contributed by atoms with Crippen molar-refractivity contribution in [2.24, 2.45) is 5.90 Å². The van der Waals surface area contributed by atoms with Crippen molar-refractivity contribution in [2.75, 3.05) is 0 Å². The van der Waals surface area contributed by atoms with Gasteiger partial charge in [0.05, 0.1) is 6.42 Å². The minimum absolute atomic E-state index is 0.0919. The number of hydrogen-bond donors (Lipinski definition) is 3. The molecule has 9 heteroatoms. The first kappa shape index (κ1) is 25.5. The summed E-state index contributed by atoms with van der Waals surface area (Å²) in [6.07, 6.45) is -2.01. The van der Waals surface area contributed by atoms with E-state index < -0.39 is 41.7 Å². The third-order valence-corrected chi connectivity index (χ3v) is 5.67. The number of carboxylic acids is 1. The lowest BCUT2D eigenvalue weighted by Gasteiger charge is -2.28. The minimum atomic E-state index is -2.20. The molecule has 3 rings (SSSR count). The van der Waals surface area contributed by atoms with Gasteiger partial charge in [-0.2, -0.15) is 0 Å². The number of amides is 1. The fourth-order valence-electron chi connectivity index (χ4n) is 3.67. The molecule has 1 amide bonds. The molecule has 0 saturated carbocycles. The number of ether oxygens (including phenoxy) is 1. The van der Waals surface area contributed by atoms with Crippen LogP contribution in [0, 0.1) is 0 Å². The second-order valence-electron chi connectivity index (χ2n) is 8.11. The van der Waals surface area contributed by atoms with E-state index in [1.807, 2.05) is 30.3 Å². The zero-order valence-electron chi connectivity index (χ0n) is 19.1. The number of carbonyl (C=O) groups excluding carboxylic acids is 3. The number of rotatable bonds is 11. The van der Waals surface area contributed by atoms with Crippen LogP contribution in [0.4, 0.5) is 4.79 Å². The van der Waals surface area contributed by atoms with Crippen LogP contribution in [0.25, 0.3) is 10.8 Å². The maximum Gasteiger partial charge on any atom is 0.408 e. The summed E-state index contributed by atoms with van der Waals surface area (Å²) in [7, 11) is 0. The number of hydrogen-bond acceptors (Lipinski definition) is 7. The fourth-order valence-corrected chi connectivity index (χ4v) is 3.67. The van der Waals surface area contributed by atoms with Crippen LogP contribution in [-0.4, -0.2) is 40.4 Å². The lowest BCUT2D eigenvalue weighted by atomic mass is 9.85. The summed E-state index contributed by atoms with van der Waals surface area (Å²) >= 11 is 0. The molecule has 3 aromatic rings. The molecule has 2 unspecified atom stereocenters. The Bertz CT molecular complexity index is 1220. The molecule has 3 aromatic carbocycles. The van der Waals surface area contributed by atoms with Crippen molar-refractivity contribution in [3.05, 3.63) is 83.9 Å². The number of ketones is 2. The molecular formula is C26H26N2O7. The van der Waals surface area contributed by atoms with Gasteiger partial charge in [-0.05, 0) is 28.8 Å². The number of Topliss-reactive ketones (excluding diaryl/α,β-unsaturated/α-hetero) is 2. The van der Waals surface area contributed by atoms with Gasteiger partial charge >= 0.3 is 12.1 Å². The van der Waals surface area contributed by atoms with E-state index in [0.717, 1.165) is 17.7 Å². The third-order valence-electron chi connectivity index (χ3n) is 5.67. The van der Waals surface area contributed by atoms with Gasteiger partial charge in [0.1, 0.15) is 12.6 Å². The van der Waals surface area contributed by atoms with E-state index in [1.165, 1.54) is 0 Å². The third kappa shape index (κ3) is 6.28. The molecule has 0 bridgehead atoms. The molecule has 4 N–H and O–H groups in total. The molecule has 0 aliphatic heterocycles. The van der Waals surface area contributed by atoms with Gasteiger partial charge in [0.2, 0.25) is 5.60 Å². The van der Waals surface area contributed by atoms with Gasteiger partial charge in [-0.3, -0.25) is 19.2 Å². The quantitative estimate of drug-likeness (QED) is 0.282. The molecule has 0 spiro atoms. The zero-order chi connectivity index (χ0) is 25.4. The normalized spacial score (nSPS) is 13.4. The highest BCUT2D eigenvalue weighted by atomic mass is 16.6. The van der Waals surface area contributed by atoms with Gasteiger partial charge in [0.15, 0.2) is 11.6 Å². The van der Waals surface area contributed by atoms with E-state index >= 15 is 0 Å². The number of alkyl carbamates (subject to hydrolysis) is 1. The molecule has 2 atom stereocenters. The number of nitrogens with two attached hydrogens (primary N) is 1. The maximum absolute atomic E-state index is 13.3. The van der Waals surface area contributed by atoms with Crippen LogP contribution in [0.15, 0.2) is 72.8 Å². The molecule has 0 saturated heterocycles. The molecule has 35 heavy (non-hydrogen) atoms. The molecule has 0 aliphatic carbocycles. The highest BCUT2D eigenvalue weighted by Crippen LogP contribution is 2.23. The molecule has 0 heterocycles. The van der Waals surface area contributed by atoms with Crippen LogP contribution in [0.3, 0.4) is 0 Å². The maximum atomic E-state index is 13.3. The first-order valence-corrected chi connectivity index (χ1v) is 10.9. The second-order valence-corrected chi connectivity index (χ2v) is 8.11. The van der Waals surface area contributed by atoms with Crippen molar-refractivity contribution in [3.63, 3.8) is 0 Å². The predicted molar refractivity (Wildman–Crippen MR) is 127 cm³/mol. The van der Waals surface area contributed by atoms with Crippen LogP contribution >= 0.6 is 0 Å². The summed E-state index contributed by atoms with van der Waals surface area (Å²) < 4.78 is 5.09. The Labute approximate surface area is 201 Å². The van der Waals surface area contributed by atoms with Crippen molar-refractivity contribution in [1.82, 2.24) is 5.32 Å². The zero-order valence-corrected chi connectivity index (χ0v) is 19.1. The standard InChI is InChI=1S/C26H26N2O7/c1-26(35-27,22(29)14-19-12-7-11-18-10-5-6-13-20(18)19)24(32)21(15-23(30)31)28-25(33)34-16-17-8-3-2-4-9-17/h2-13,21H,14-16,27H2,1H3,(H,28,33)(H,30,31). The first-order valence-electron chi connectivity index (χ1n) is 10.9. The van der Waals surface area contributed by atoms with E-state index in [-0.39, 0.29) is 13.0 Å². The smallest absolute Gasteiger partial charge is 0.408 e. The molecule has 0 aromatic heterocycles. The number of aliphatic carboxylic acids is 1. The van der Waals surface area contributed by atoms with Crippen LogP contribution in [0.2, 0.25) is 0 Å². The lowest BCUT2D eigenvalue weighted by Crippen LogP contribution is -2.57. The van der Waals surface area contributed by atoms with E-state index in [1.54, 1.807) is 42.5 Å². The number of fused-ring (bicyclic) bond motifs is 1. The average molecular weight is 479 g/mol. The summed E-state index contributed by atoms with van der Waals surface area (Å²) in [6.45, 7) is 1.07. The van der Waals surface area contributed by atoms with Gasteiger partial charge in [0, 0.05) is 6.42 Å². The summed E-state index contributed by atoms with van der Waals surface area (Å²) in [6, 6.07) is 20.0. The minimum Gasteiger partial charge on any atom is -0.481 e. The average Bonchev–Trinajstić information content (AvgIpc) is 2.86. The molecule has 9 nitrogen and oxygen atoms in total. The number of carbonyl (C=O) groups is 4. The lowest BCUT2D eigenvalue weighted by molar-refractivity contribution is -0.159. The Kier molecular flexibility index (Phi) is 8.30. The summed E-state index contributed by atoms with van der Waals surface area (Å²) in [5, 5.41) is 13.2. The first-order chi connectivity index (χ1) is 16.7. The van der Waals surface area contributed by atoms with Gasteiger partial charge in [0.25, 0.3) is 0 Å². The predicted octanol–water partition coefficient (Wildman–Crippen LogP) is 2.94. The SMILES string of the molecule is CC(ON)(C(=O)Cc1cccc2ccccc12)C(=O)C(CC(=O)O)NC(=O)OCc1ccccc1. The van der Waals surface area contributed by atoms with E-state index in [0.29, 0.717) is 11.1 Å². The topological polar surface area (TPSA) is 145 Å². The molecule has 0 fully saturated rings. The van der Waals surface area contributed by atoms with E-state index in [9.17, 15) is 24.3 Å². The number of carboxylic acid groups (broad SMARTS) is 1. The van der Waals surface area contributed by atoms with Crippen molar-refractivity contribution in [2.45, 2.75) is 38.0 Å². The van der Waals surface area contributed by atoms with Gasteiger partial charge in [-0.1, -0.05) is 72.8 Å². The van der Waals surface area contributed by atoms with Crippen LogP contribution in [-0.2, 0) is 37.0 Å². The molecule has 0 radical (unpaired) electrons. The van der Waals surface area contributed by atoms with Crippen LogP contribution in [0.1, 0.15) is 24.5 Å². The highest BCUT2D eigenvalue weighted by Gasteiger charge is 2.46. The Morgan fingerprint density at radius 3 is 2.31 bits per heavy atom. The van der Waals surface area contributed by atoms with Crippen molar-refractivity contribution in [1.29, 1.82) is 0 Å². The van der Waals surface area contributed by atoms with E-state index in [4.69, 9.17) is 15.5 Å². The Balaban J connectivity index is 1.77. The fraction of sp³-hybridized carbons (Fsp3) is 0.231. The Hall–Kier alpha value is -4.08. The Morgan fingerprint density at radius 2 is 1.63 bits per heavy atom. The van der Waals surface area contributed by atoms with Gasteiger partial charge in [-0.15, -0.1) is 0 Å².